The summed E-state index contributed by atoms with van der Waals surface area (Å²) in [5, 5.41) is 13.1. The summed E-state index contributed by atoms with van der Waals surface area (Å²) in [6.45, 7) is 6.85. The van der Waals surface area contributed by atoms with E-state index < -0.39 is 5.54 Å². The van der Waals surface area contributed by atoms with Gasteiger partial charge in [-0.15, -0.1) is 10.2 Å². The van der Waals surface area contributed by atoms with E-state index >= 15 is 0 Å². The van der Waals surface area contributed by atoms with E-state index in [4.69, 9.17) is 4.74 Å². The third-order valence-electron chi connectivity index (χ3n) is 5.90. The zero-order valence-electron chi connectivity index (χ0n) is 19.0. The Hall–Kier alpha value is -4.08. The van der Waals surface area contributed by atoms with Gasteiger partial charge in [-0.1, -0.05) is 0 Å². The Labute approximate surface area is 189 Å². The van der Waals surface area contributed by atoms with Gasteiger partial charge in [0, 0.05) is 22.7 Å². The number of tetrazole rings is 1. The van der Waals surface area contributed by atoms with E-state index in [9.17, 15) is 14.4 Å². The molecule has 1 aromatic carbocycles. The van der Waals surface area contributed by atoms with Gasteiger partial charge in [0.2, 0.25) is 5.56 Å². The van der Waals surface area contributed by atoms with E-state index in [1.807, 2.05) is 0 Å². The molecule has 4 aromatic rings. The maximum atomic E-state index is 13.4. The van der Waals surface area contributed by atoms with Crippen LogP contribution in [0, 0.1) is 6.92 Å². The number of rotatable bonds is 7. The number of aromatic nitrogens is 6. The van der Waals surface area contributed by atoms with E-state index in [2.05, 4.69) is 20.4 Å². The van der Waals surface area contributed by atoms with Crippen LogP contribution < -0.4 is 10.3 Å². The van der Waals surface area contributed by atoms with Gasteiger partial charge in [-0.2, -0.15) is 4.80 Å². The van der Waals surface area contributed by atoms with Crippen LogP contribution in [0.4, 0.5) is 0 Å². The molecule has 0 radical (unpaired) electrons. The van der Waals surface area contributed by atoms with Crippen molar-refractivity contribution in [3.05, 3.63) is 69.4 Å². The lowest BCUT2D eigenvalue weighted by Crippen LogP contribution is -2.36. The van der Waals surface area contributed by atoms with Crippen LogP contribution in [0.2, 0.25) is 0 Å². The molecule has 170 valence electrons. The van der Waals surface area contributed by atoms with Crippen LogP contribution in [0.25, 0.3) is 11.0 Å². The molecule has 0 spiro atoms. The molecule has 3 heterocycles. The first-order valence-electron chi connectivity index (χ1n) is 10.3. The molecule has 0 unspecified atom stereocenters. The van der Waals surface area contributed by atoms with Gasteiger partial charge in [0.05, 0.1) is 19.2 Å². The molecule has 33 heavy (non-hydrogen) atoms. The largest absolute Gasteiger partial charge is 0.497 e. The number of carbonyl (C=O) groups excluding carboxylic acids is 2. The van der Waals surface area contributed by atoms with Crippen molar-refractivity contribution in [2.24, 2.45) is 0 Å². The number of ether oxygens (including phenoxy) is 1. The fourth-order valence-corrected chi connectivity index (χ4v) is 3.57. The van der Waals surface area contributed by atoms with Crippen LogP contribution in [0.15, 0.2) is 41.2 Å². The zero-order chi connectivity index (χ0) is 23.9. The Morgan fingerprint density at radius 2 is 1.82 bits per heavy atom. The second-order valence-electron chi connectivity index (χ2n) is 8.30. The van der Waals surface area contributed by atoms with Gasteiger partial charge in [0.1, 0.15) is 16.9 Å². The molecule has 0 saturated heterocycles. The molecule has 0 aliphatic carbocycles. The van der Waals surface area contributed by atoms with Crippen molar-refractivity contribution < 1.29 is 14.3 Å². The number of benzene rings is 1. The highest BCUT2D eigenvalue weighted by Crippen LogP contribution is 2.27. The van der Waals surface area contributed by atoms with E-state index in [0.717, 1.165) is 0 Å². The van der Waals surface area contributed by atoms with E-state index in [0.29, 0.717) is 39.4 Å². The highest BCUT2D eigenvalue weighted by atomic mass is 16.5. The third-order valence-corrected chi connectivity index (χ3v) is 5.90. The number of methoxy groups -OCH3 is 1. The molecule has 0 atom stereocenters. The number of aromatic amines is 1. The maximum Gasteiger partial charge on any atom is 0.249 e. The van der Waals surface area contributed by atoms with Crippen LogP contribution in [0.1, 0.15) is 48.2 Å². The minimum atomic E-state index is -0.942. The first kappa shape index (κ1) is 22.1. The summed E-state index contributed by atoms with van der Waals surface area (Å²) >= 11 is 0. The molecule has 10 heteroatoms. The molecule has 0 aliphatic rings. The van der Waals surface area contributed by atoms with E-state index in [-0.39, 0.29) is 23.7 Å². The first-order chi connectivity index (χ1) is 15.6. The SMILES string of the molecule is COc1ccc(C(=O)c2c(C)n(Cc3nnn(C(C)(C)C(C)=O)n3)c3[nH]c(=O)ccc23)cc1. The number of nitrogens with one attached hydrogen (secondary N) is 1. The summed E-state index contributed by atoms with van der Waals surface area (Å²) in [5.41, 5.74) is 0.871. The van der Waals surface area contributed by atoms with Gasteiger partial charge in [0.25, 0.3) is 0 Å². The average Bonchev–Trinajstić information content (AvgIpc) is 3.37. The quantitative estimate of drug-likeness (QED) is 0.430. The molecule has 0 aliphatic heterocycles. The van der Waals surface area contributed by atoms with Gasteiger partial charge < -0.3 is 14.3 Å². The smallest absolute Gasteiger partial charge is 0.249 e. The number of carbonyl (C=O) groups is 2. The third kappa shape index (κ3) is 3.84. The second-order valence-corrected chi connectivity index (χ2v) is 8.30. The summed E-state index contributed by atoms with van der Waals surface area (Å²) < 4.78 is 6.95. The van der Waals surface area contributed by atoms with Crippen LogP contribution >= 0.6 is 0 Å². The number of H-pyrrole nitrogens is 1. The second kappa shape index (κ2) is 8.12. The average molecular weight is 448 g/mol. The highest BCUT2D eigenvalue weighted by molar-refractivity contribution is 6.17. The molecule has 0 saturated carbocycles. The molecular weight excluding hydrogens is 424 g/mol. The number of hydrogen-bond donors (Lipinski definition) is 1. The topological polar surface area (TPSA) is 125 Å². The van der Waals surface area contributed by atoms with Crippen molar-refractivity contribution in [3.8, 4) is 5.75 Å². The van der Waals surface area contributed by atoms with Crippen LogP contribution in [0.5, 0.6) is 5.75 Å². The maximum absolute atomic E-state index is 13.4. The molecular formula is C23H24N6O4. The molecule has 3 aromatic heterocycles. The number of Topliss-reactive ketones (excluding diaryl/α,β-unsaturated/α-hetero) is 1. The first-order valence-corrected chi connectivity index (χ1v) is 10.3. The molecule has 10 nitrogen and oxygen atoms in total. The van der Waals surface area contributed by atoms with E-state index in [1.54, 1.807) is 62.8 Å². The van der Waals surface area contributed by atoms with Crippen molar-refractivity contribution in [2.45, 2.75) is 39.8 Å². The van der Waals surface area contributed by atoms with Gasteiger partial charge in [-0.25, -0.2) is 0 Å². The van der Waals surface area contributed by atoms with Crippen LogP contribution in [-0.4, -0.2) is 48.4 Å². The molecule has 0 bridgehead atoms. The Morgan fingerprint density at radius 3 is 2.45 bits per heavy atom. The summed E-state index contributed by atoms with van der Waals surface area (Å²) in [6.07, 6.45) is 0. The Balaban J connectivity index is 1.80. The van der Waals surface area contributed by atoms with E-state index in [1.165, 1.54) is 17.8 Å². The lowest BCUT2D eigenvalue weighted by molar-refractivity contribution is -0.124. The molecule has 4 rings (SSSR count). The number of ketones is 2. The van der Waals surface area contributed by atoms with Crippen molar-refractivity contribution in [3.63, 3.8) is 0 Å². The van der Waals surface area contributed by atoms with Gasteiger partial charge in [-0.05, 0) is 63.2 Å². The monoisotopic (exact) mass is 448 g/mol. The van der Waals surface area contributed by atoms with Gasteiger partial charge in [-0.3, -0.25) is 14.4 Å². The fraction of sp³-hybridized carbons (Fsp3) is 0.304. The van der Waals surface area contributed by atoms with Gasteiger partial charge >= 0.3 is 0 Å². The minimum absolute atomic E-state index is 0.106. The number of hydrogen-bond acceptors (Lipinski definition) is 7. The number of nitrogens with zero attached hydrogens (tertiary/aromatic N) is 5. The number of pyridine rings is 1. The van der Waals surface area contributed by atoms with Crippen LogP contribution in [-0.2, 0) is 16.9 Å². The minimum Gasteiger partial charge on any atom is -0.497 e. The lowest BCUT2D eigenvalue weighted by atomic mass is 10.0. The normalized spacial score (nSPS) is 11.7. The fourth-order valence-electron chi connectivity index (χ4n) is 3.57. The Bertz CT molecular complexity index is 1430. The van der Waals surface area contributed by atoms with Crippen molar-refractivity contribution >= 4 is 22.6 Å². The summed E-state index contributed by atoms with van der Waals surface area (Å²) in [7, 11) is 1.56. The zero-order valence-corrected chi connectivity index (χ0v) is 19.0. The molecule has 0 fully saturated rings. The summed E-state index contributed by atoms with van der Waals surface area (Å²) in [4.78, 5) is 41.5. The number of fused-ring (bicyclic) bond motifs is 1. The molecule has 0 amide bonds. The Kier molecular flexibility index (Phi) is 5.44. The summed E-state index contributed by atoms with van der Waals surface area (Å²) in [6, 6.07) is 9.88. The van der Waals surface area contributed by atoms with Crippen molar-refractivity contribution in [1.82, 2.24) is 29.8 Å². The predicted molar refractivity (Wildman–Crippen MR) is 121 cm³/mol. The van der Waals surface area contributed by atoms with Gasteiger partial charge in [0.15, 0.2) is 17.4 Å². The standard InChI is InChI=1S/C23H24N6O4/c1-13-20(21(32)15-6-8-16(33-5)9-7-15)17-10-11-19(31)24-22(17)28(13)12-18-25-27-29(26-18)23(3,4)14(2)30/h6-11H,12H2,1-5H3,(H,24,31). The van der Waals surface area contributed by atoms with Crippen LogP contribution in [0.3, 0.4) is 0 Å². The predicted octanol–water partition coefficient (Wildman–Crippen LogP) is 2.24. The van der Waals surface area contributed by atoms with Crippen molar-refractivity contribution in [1.29, 1.82) is 0 Å². The lowest BCUT2D eigenvalue weighted by Gasteiger charge is -2.18. The van der Waals surface area contributed by atoms with Crippen molar-refractivity contribution in [2.75, 3.05) is 7.11 Å². The Morgan fingerprint density at radius 1 is 1.12 bits per heavy atom. The molecule has 1 N–H and O–H groups in total. The summed E-state index contributed by atoms with van der Waals surface area (Å²) in [5.74, 6) is 0.709. The highest BCUT2D eigenvalue weighted by Gasteiger charge is 2.29.